The van der Waals surface area contributed by atoms with Crippen LogP contribution in [0.5, 0.6) is 0 Å². The molecule has 0 nitrogen and oxygen atoms in total. The van der Waals surface area contributed by atoms with E-state index in [2.05, 4.69) is 0 Å². The third kappa shape index (κ3) is 4.17. The lowest BCUT2D eigenvalue weighted by Gasteiger charge is -2.18. The maximum absolute atomic E-state index is 12.7. The molecule has 0 fully saturated rings. The van der Waals surface area contributed by atoms with Crippen molar-refractivity contribution in [3.8, 4) is 0 Å². The topological polar surface area (TPSA) is 0 Å². The Morgan fingerprint density at radius 1 is 1.06 bits per heavy atom. The first-order chi connectivity index (χ1) is 7.20. The SMILES string of the molecule is CC(C)(C)[B]Pc1ccccc1C(F)(F)F. The maximum Gasteiger partial charge on any atom is 0.416 e. The van der Waals surface area contributed by atoms with Crippen LogP contribution < -0.4 is 5.30 Å². The van der Waals surface area contributed by atoms with Crippen molar-refractivity contribution in [2.75, 3.05) is 0 Å². The van der Waals surface area contributed by atoms with Gasteiger partial charge in [-0.2, -0.15) is 13.2 Å². The molecular formula is C11H14BF3P. The minimum atomic E-state index is -4.25. The second-order valence-corrected chi connectivity index (χ2v) is 5.81. The zero-order chi connectivity index (χ0) is 12.4. The summed E-state index contributed by atoms with van der Waals surface area (Å²) < 4.78 is 38.0. The Morgan fingerprint density at radius 2 is 1.62 bits per heavy atom. The van der Waals surface area contributed by atoms with E-state index in [4.69, 9.17) is 0 Å². The molecule has 0 spiro atoms. The predicted molar refractivity (Wildman–Crippen MR) is 64.9 cm³/mol. The van der Waals surface area contributed by atoms with Gasteiger partial charge in [-0.3, -0.25) is 0 Å². The third-order valence-electron chi connectivity index (χ3n) is 1.89. The molecule has 0 aliphatic carbocycles. The van der Waals surface area contributed by atoms with E-state index in [-0.39, 0.29) is 13.8 Å². The fraction of sp³-hybridized carbons (Fsp3) is 0.455. The smallest absolute Gasteiger partial charge is 0.166 e. The molecule has 0 aliphatic rings. The molecule has 0 bridgehead atoms. The second kappa shape index (κ2) is 4.79. The fourth-order valence-corrected chi connectivity index (χ4v) is 2.31. The van der Waals surface area contributed by atoms with Gasteiger partial charge in [0.05, 0.1) is 5.56 Å². The first kappa shape index (κ1) is 13.6. The van der Waals surface area contributed by atoms with E-state index in [0.717, 1.165) is 6.07 Å². The van der Waals surface area contributed by atoms with Gasteiger partial charge in [-0.15, -0.1) is 8.46 Å². The van der Waals surface area contributed by atoms with E-state index >= 15 is 0 Å². The molecule has 0 N–H and O–H groups in total. The van der Waals surface area contributed by atoms with Crippen molar-refractivity contribution in [3.05, 3.63) is 29.8 Å². The van der Waals surface area contributed by atoms with Crippen molar-refractivity contribution >= 4 is 20.8 Å². The van der Waals surface area contributed by atoms with Gasteiger partial charge in [-0.1, -0.05) is 44.3 Å². The molecule has 0 aliphatic heterocycles. The number of hydrogen-bond acceptors (Lipinski definition) is 0. The van der Waals surface area contributed by atoms with Crippen molar-refractivity contribution in [2.45, 2.75) is 32.3 Å². The zero-order valence-corrected chi connectivity index (χ0v) is 10.5. The summed E-state index contributed by atoms with van der Waals surface area (Å²) in [6, 6.07) is 5.75. The Hall–Kier alpha value is -0.495. The maximum atomic E-state index is 12.7. The average molecular weight is 245 g/mol. The minimum Gasteiger partial charge on any atom is -0.166 e. The quantitative estimate of drug-likeness (QED) is 0.548. The Balaban J connectivity index is 2.88. The normalized spacial score (nSPS) is 13.4. The summed E-state index contributed by atoms with van der Waals surface area (Å²) in [5.41, 5.74) is -0.520. The highest BCUT2D eigenvalue weighted by Gasteiger charge is 2.33. The molecule has 0 aromatic heterocycles. The second-order valence-electron chi connectivity index (χ2n) is 4.70. The van der Waals surface area contributed by atoms with E-state index in [0.29, 0.717) is 5.30 Å². The third-order valence-corrected chi connectivity index (χ3v) is 3.65. The molecule has 1 aromatic rings. The van der Waals surface area contributed by atoms with Crippen molar-refractivity contribution in [1.82, 2.24) is 0 Å². The van der Waals surface area contributed by atoms with E-state index < -0.39 is 11.7 Å². The van der Waals surface area contributed by atoms with E-state index in [9.17, 15) is 13.2 Å². The monoisotopic (exact) mass is 245 g/mol. The molecule has 0 saturated carbocycles. The Morgan fingerprint density at radius 3 is 2.12 bits per heavy atom. The average Bonchev–Trinajstić information content (AvgIpc) is 2.12. The lowest BCUT2D eigenvalue weighted by molar-refractivity contribution is -0.136. The van der Waals surface area contributed by atoms with Gasteiger partial charge in [0.1, 0.15) is 0 Å². The summed E-state index contributed by atoms with van der Waals surface area (Å²) >= 11 is 0. The van der Waals surface area contributed by atoms with Gasteiger partial charge < -0.3 is 0 Å². The Bertz CT molecular complexity index is 355. The van der Waals surface area contributed by atoms with Crippen molar-refractivity contribution in [2.24, 2.45) is 0 Å². The van der Waals surface area contributed by atoms with Gasteiger partial charge in [0.2, 0.25) is 0 Å². The van der Waals surface area contributed by atoms with Gasteiger partial charge in [-0.05, 0) is 11.4 Å². The lowest BCUT2D eigenvalue weighted by Crippen LogP contribution is -2.18. The largest absolute Gasteiger partial charge is 0.416 e. The molecular weight excluding hydrogens is 231 g/mol. The summed E-state index contributed by atoms with van der Waals surface area (Å²) in [6.45, 7) is 7.88. The molecule has 0 saturated heterocycles. The zero-order valence-electron chi connectivity index (χ0n) is 9.52. The minimum absolute atomic E-state index is 0.0584. The molecule has 1 atom stereocenters. The van der Waals surface area contributed by atoms with Gasteiger partial charge in [0, 0.05) is 0 Å². The lowest BCUT2D eigenvalue weighted by atomic mass is 9.73. The summed E-state index contributed by atoms with van der Waals surface area (Å²) in [5.74, 6) is 0. The van der Waals surface area contributed by atoms with Gasteiger partial charge in [0.25, 0.3) is 0 Å². The molecule has 0 heterocycles. The van der Waals surface area contributed by atoms with E-state index in [1.165, 1.54) is 6.07 Å². The molecule has 87 valence electrons. The number of hydrogen-bond donors (Lipinski definition) is 0. The number of alkyl halides is 3. The van der Waals surface area contributed by atoms with Crippen LogP contribution in [-0.4, -0.2) is 7.00 Å². The van der Waals surface area contributed by atoms with Crippen LogP contribution in [0, 0.1) is 0 Å². The van der Waals surface area contributed by atoms with Crippen LogP contribution in [0.25, 0.3) is 0 Å². The molecule has 1 aromatic carbocycles. The highest BCUT2D eigenvalue weighted by molar-refractivity contribution is 7.77. The van der Waals surface area contributed by atoms with Crippen LogP contribution in [-0.2, 0) is 6.18 Å². The molecule has 1 unspecified atom stereocenters. The van der Waals surface area contributed by atoms with Gasteiger partial charge in [-0.25, -0.2) is 0 Å². The van der Waals surface area contributed by atoms with Crippen molar-refractivity contribution in [3.63, 3.8) is 0 Å². The Labute approximate surface area is 96.6 Å². The van der Waals surface area contributed by atoms with E-state index in [1.807, 2.05) is 27.8 Å². The van der Waals surface area contributed by atoms with Crippen molar-refractivity contribution in [1.29, 1.82) is 0 Å². The van der Waals surface area contributed by atoms with Crippen molar-refractivity contribution < 1.29 is 13.2 Å². The molecule has 1 radical (unpaired) electrons. The van der Waals surface area contributed by atoms with Gasteiger partial charge in [0.15, 0.2) is 7.00 Å². The standard InChI is InChI=1S/C11H14BF3P/c1-10(2,3)12-16-9-7-5-4-6-8(9)11(13,14)15/h4-7,16H,1-3H3. The summed E-state index contributed by atoms with van der Waals surface area (Å²) in [7, 11) is 0.0833. The Kier molecular flexibility index (Phi) is 4.06. The van der Waals surface area contributed by atoms with Gasteiger partial charge >= 0.3 is 6.18 Å². The molecule has 0 amide bonds. The van der Waals surface area contributed by atoms with E-state index in [1.54, 1.807) is 12.1 Å². The predicted octanol–water partition coefficient (Wildman–Crippen LogP) is 3.85. The molecule has 16 heavy (non-hydrogen) atoms. The van der Waals surface area contributed by atoms with Crippen LogP contribution in [0.2, 0.25) is 5.31 Å². The summed E-state index contributed by atoms with van der Waals surface area (Å²) in [4.78, 5) is 0. The molecule has 1 rings (SSSR count). The van der Waals surface area contributed by atoms with Crippen LogP contribution in [0.15, 0.2) is 24.3 Å². The highest BCUT2D eigenvalue weighted by atomic mass is 31.1. The van der Waals surface area contributed by atoms with Crippen LogP contribution in [0.4, 0.5) is 13.2 Å². The number of benzene rings is 1. The summed E-state index contributed by atoms with van der Waals surface area (Å²) in [6.07, 6.45) is -4.25. The first-order valence-corrected chi connectivity index (χ1v) is 6.05. The highest BCUT2D eigenvalue weighted by Crippen LogP contribution is 2.34. The van der Waals surface area contributed by atoms with Crippen LogP contribution in [0.1, 0.15) is 26.3 Å². The molecule has 5 heteroatoms. The fourth-order valence-electron chi connectivity index (χ4n) is 1.15. The van der Waals surface area contributed by atoms with Crippen LogP contribution >= 0.6 is 8.46 Å². The number of halogens is 3. The van der Waals surface area contributed by atoms with Crippen LogP contribution in [0.3, 0.4) is 0 Å². The first-order valence-electron chi connectivity index (χ1n) is 4.97. The summed E-state index contributed by atoms with van der Waals surface area (Å²) in [5, 5.41) is 0.307. The number of rotatable bonds is 2.